The normalized spacial score (nSPS) is 12.4. The highest BCUT2D eigenvalue weighted by Crippen LogP contribution is 2.41. The Balaban J connectivity index is 3.66. The van der Waals surface area contributed by atoms with Crippen molar-refractivity contribution in [3.63, 3.8) is 0 Å². The van der Waals surface area contributed by atoms with Gasteiger partial charge in [0, 0.05) is 22.5 Å². The number of amides is 1. The number of hydrogen-bond acceptors (Lipinski definition) is 6. The second-order valence-electron chi connectivity index (χ2n) is 6.36. The number of halogens is 1. The van der Waals surface area contributed by atoms with E-state index in [9.17, 15) is 19.7 Å². The van der Waals surface area contributed by atoms with E-state index in [1.54, 1.807) is 20.8 Å². The summed E-state index contributed by atoms with van der Waals surface area (Å²) in [6, 6.07) is 1.38. The van der Waals surface area contributed by atoms with Gasteiger partial charge in [0.25, 0.3) is 5.69 Å². The Morgan fingerprint density at radius 1 is 1.36 bits per heavy atom. The fourth-order valence-corrected chi connectivity index (χ4v) is 3.04. The smallest absolute Gasteiger partial charge is 0.339 e. The number of nitro benzene ring substituents is 1. The predicted molar refractivity (Wildman–Crippen MR) is 95.4 cm³/mol. The molecule has 0 fully saturated rings. The molecule has 0 radical (unpaired) electrons. The minimum Gasteiger partial charge on any atom is -0.467 e. The van der Waals surface area contributed by atoms with Crippen molar-refractivity contribution in [2.24, 2.45) is 0 Å². The third-order valence-corrected chi connectivity index (χ3v) is 3.84. The van der Waals surface area contributed by atoms with Crippen LogP contribution in [-0.2, 0) is 19.1 Å². The lowest BCUT2D eigenvalue weighted by Crippen LogP contribution is -2.29. The number of benzene rings is 1. The molecule has 0 saturated heterocycles. The first-order chi connectivity index (χ1) is 11.4. The zero-order valence-corrected chi connectivity index (χ0v) is 16.5. The summed E-state index contributed by atoms with van der Waals surface area (Å²) in [5.41, 5.74) is -0.495. The zero-order chi connectivity index (χ0) is 19.5. The zero-order valence-electron chi connectivity index (χ0n) is 14.9. The van der Waals surface area contributed by atoms with Gasteiger partial charge in [-0.05, 0) is 33.8 Å². The van der Waals surface area contributed by atoms with E-state index in [0.29, 0.717) is 4.47 Å². The number of nitrogens with zero attached hydrogens (tertiary/aromatic N) is 1. The molecule has 0 aliphatic rings. The molecule has 0 aliphatic carbocycles. The van der Waals surface area contributed by atoms with E-state index in [1.807, 2.05) is 0 Å². The van der Waals surface area contributed by atoms with Crippen LogP contribution < -0.4 is 5.32 Å². The summed E-state index contributed by atoms with van der Waals surface area (Å²) < 4.78 is 11.0. The topological polar surface area (TPSA) is 108 Å². The number of carbonyl (C=O) groups excluding carboxylic acids is 2. The summed E-state index contributed by atoms with van der Waals surface area (Å²) in [4.78, 5) is 34.5. The highest BCUT2D eigenvalue weighted by atomic mass is 79.9. The minimum absolute atomic E-state index is 0.0324. The summed E-state index contributed by atoms with van der Waals surface area (Å²) in [6.07, 6.45) is -1.16. The highest BCUT2D eigenvalue weighted by molar-refractivity contribution is 9.10. The number of rotatable bonds is 5. The number of nitrogens with one attached hydrogen (secondary N) is 1. The van der Waals surface area contributed by atoms with Crippen molar-refractivity contribution in [2.45, 2.75) is 46.3 Å². The maximum atomic E-state index is 12.2. The quantitative estimate of drug-likeness (QED) is 0.445. The van der Waals surface area contributed by atoms with Crippen molar-refractivity contribution in [3.8, 4) is 0 Å². The molecule has 1 aromatic carbocycles. The van der Waals surface area contributed by atoms with Gasteiger partial charge in [-0.25, -0.2) is 4.79 Å². The highest BCUT2D eigenvalue weighted by Gasteiger charge is 2.35. The van der Waals surface area contributed by atoms with Crippen LogP contribution in [0.5, 0.6) is 0 Å². The van der Waals surface area contributed by atoms with Gasteiger partial charge in [0.15, 0.2) is 6.10 Å². The Kier molecular flexibility index (Phi) is 6.67. The van der Waals surface area contributed by atoms with Crippen LogP contribution in [0.1, 0.15) is 44.9 Å². The van der Waals surface area contributed by atoms with Gasteiger partial charge in [-0.3, -0.25) is 14.9 Å². The van der Waals surface area contributed by atoms with Crippen LogP contribution >= 0.6 is 15.9 Å². The maximum Gasteiger partial charge on any atom is 0.339 e. The van der Waals surface area contributed by atoms with Gasteiger partial charge in [0.05, 0.1) is 17.6 Å². The van der Waals surface area contributed by atoms with Gasteiger partial charge >= 0.3 is 5.97 Å². The molecule has 0 heterocycles. The van der Waals surface area contributed by atoms with E-state index < -0.39 is 28.5 Å². The van der Waals surface area contributed by atoms with Gasteiger partial charge in [-0.2, -0.15) is 0 Å². The fraction of sp³-hybridized carbons (Fsp3) is 0.500. The van der Waals surface area contributed by atoms with Crippen molar-refractivity contribution in [1.29, 1.82) is 0 Å². The van der Waals surface area contributed by atoms with Gasteiger partial charge < -0.3 is 14.8 Å². The molecule has 25 heavy (non-hydrogen) atoms. The van der Waals surface area contributed by atoms with Crippen LogP contribution in [0.3, 0.4) is 0 Å². The lowest BCUT2D eigenvalue weighted by molar-refractivity contribution is -0.384. The molecule has 0 saturated carbocycles. The molecule has 1 N–H and O–H groups in total. The summed E-state index contributed by atoms with van der Waals surface area (Å²) in [6.45, 7) is 8.01. The Hall–Kier alpha value is -2.00. The SMILES string of the molecule is COC(=O)[C@@H](OC(C)(C)C)c1c(Br)cc(NC(C)=O)c([N+](=O)[O-])c1C. The van der Waals surface area contributed by atoms with Crippen LogP contribution in [0.2, 0.25) is 0 Å². The number of ether oxygens (including phenoxy) is 2. The largest absolute Gasteiger partial charge is 0.467 e. The number of hydrogen-bond donors (Lipinski definition) is 1. The average Bonchev–Trinajstić information content (AvgIpc) is 2.42. The molecule has 0 aliphatic heterocycles. The second kappa shape index (κ2) is 7.92. The Bertz CT molecular complexity index is 712. The molecule has 9 heteroatoms. The van der Waals surface area contributed by atoms with Gasteiger partial charge in [-0.15, -0.1) is 0 Å². The Morgan fingerprint density at radius 3 is 2.32 bits per heavy atom. The molecule has 1 aromatic rings. The molecule has 1 amide bonds. The summed E-state index contributed by atoms with van der Waals surface area (Å²) in [5, 5.41) is 13.9. The van der Waals surface area contributed by atoms with Crippen LogP contribution in [-0.4, -0.2) is 29.5 Å². The number of nitro groups is 1. The molecular formula is C16H21BrN2O6. The molecule has 0 bridgehead atoms. The predicted octanol–water partition coefficient (Wildman–Crippen LogP) is 3.65. The molecule has 138 valence electrons. The summed E-state index contributed by atoms with van der Waals surface area (Å²) in [5.74, 6) is -1.13. The van der Waals surface area contributed by atoms with Crippen LogP contribution in [0.25, 0.3) is 0 Å². The van der Waals surface area contributed by atoms with Crippen LogP contribution in [0, 0.1) is 17.0 Å². The average molecular weight is 417 g/mol. The van der Waals surface area contributed by atoms with Gasteiger partial charge in [0.1, 0.15) is 5.69 Å². The molecular weight excluding hydrogens is 396 g/mol. The van der Waals surface area contributed by atoms with Crippen molar-refractivity contribution in [1.82, 2.24) is 0 Å². The van der Waals surface area contributed by atoms with Crippen molar-refractivity contribution < 1.29 is 24.0 Å². The third kappa shape index (κ3) is 5.23. The number of esters is 1. The van der Waals surface area contributed by atoms with E-state index in [0.717, 1.165) is 0 Å². The first kappa shape index (κ1) is 21.0. The van der Waals surface area contributed by atoms with Crippen LogP contribution in [0.15, 0.2) is 10.5 Å². The molecule has 0 spiro atoms. The van der Waals surface area contributed by atoms with Crippen LogP contribution in [0.4, 0.5) is 11.4 Å². The first-order valence-corrected chi connectivity index (χ1v) is 8.19. The van der Waals surface area contributed by atoms with Crippen molar-refractivity contribution in [3.05, 3.63) is 31.8 Å². The third-order valence-electron chi connectivity index (χ3n) is 3.18. The maximum absolute atomic E-state index is 12.2. The summed E-state index contributed by atoms with van der Waals surface area (Å²) in [7, 11) is 1.21. The molecule has 1 rings (SSSR count). The molecule has 1 atom stereocenters. The van der Waals surface area contributed by atoms with Crippen molar-refractivity contribution in [2.75, 3.05) is 12.4 Å². The van der Waals surface area contributed by atoms with Crippen molar-refractivity contribution >= 4 is 39.2 Å². The number of anilines is 1. The Morgan fingerprint density at radius 2 is 1.92 bits per heavy atom. The van der Waals surface area contributed by atoms with E-state index in [2.05, 4.69) is 21.2 Å². The lowest BCUT2D eigenvalue weighted by Gasteiger charge is -2.28. The minimum atomic E-state index is -1.16. The van der Waals surface area contributed by atoms with Gasteiger partial charge in [-0.1, -0.05) is 15.9 Å². The summed E-state index contributed by atoms with van der Waals surface area (Å²) >= 11 is 3.32. The fourth-order valence-electron chi connectivity index (χ4n) is 2.31. The first-order valence-electron chi connectivity index (χ1n) is 7.39. The number of methoxy groups -OCH3 is 1. The van der Waals surface area contributed by atoms with E-state index in [1.165, 1.54) is 27.0 Å². The van der Waals surface area contributed by atoms with E-state index in [-0.39, 0.29) is 22.5 Å². The molecule has 0 unspecified atom stereocenters. The molecule has 8 nitrogen and oxygen atoms in total. The number of carbonyl (C=O) groups is 2. The standard InChI is InChI=1S/C16H21BrN2O6/c1-8-12(14(15(21)24-6)25-16(3,4)5)10(17)7-11(18-9(2)20)13(8)19(22)23/h7,14H,1-6H3,(H,18,20)/t14-/m0/s1. The second-order valence-corrected chi connectivity index (χ2v) is 7.22. The Labute approximate surface area is 154 Å². The van der Waals surface area contributed by atoms with Gasteiger partial charge in [0.2, 0.25) is 5.91 Å². The van der Waals surface area contributed by atoms with E-state index in [4.69, 9.17) is 9.47 Å². The molecule has 0 aromatic heterocycles. The lowest BCUT2D eigenvalue weighted by atomic mass is 9.99. The monoisotopic (exact) mass is 416 g/mol. The van der Waals surface area contributed by atoms with E-state index >= 15 is 0 Å².